The SMILES string of the molecule is O=C(O)O.[Cs+].[H-].c1c[nH]cn1. The molecule has 1 rings (SSSR count). The molecule has 0 aliphatic heterocycles. The summed E-state index contributed by atoms with van der Waals surface area (Å²) in [4.78, 5) is 15.0. The van der Waals surface area contributed by atoms with E-state index < -0.39 is 6.16 Å². The standard InChI is InChI=1S/C3H4N2.CH2O3.Cs.H/c1-2-5-3-4-1;2-1(3)4;;/h1-3H,(H,4,5);(H2,2,3,4);;/q;;+1;-1. The van der Waals surface area contributed by atoms with Gasteiger partial charge in [-0.2, -0.15) is 0 Å². The van der Waals surface area contributed by atoms with Crippen LogP contribution in [-0.2, 0) is 0 Å². The summed E-state index contributed by atoms with van der Waals surface area (Å²) in [6.07, 6.45) is 3.25. The Labute approximate surface area is 118 Å². The van der Waals surface area contributed by atoms with Crippen LogP contribution in [0.4, 0.5) is 4.79 Å². The first kappa shape index (κ1) is 13.1. The van der Waals surface area contributed by atoms with E-state index in [0.29, 0.717) is 0 Å². The molecule has 52 valence electrons. The fourth-order valence-electron chi connectivity index (χ4n) is 0.215. The number of carboxylic acid groups (broad SMARTS) is 2. The molecular weight excluding hydrogens is 257 g/mol. The van der Waals surface area contributed by atoms with Gasteiger partial charge in [-0.05, 0) is 0 Å². The largest absolute Gasteiger partial charge is 1.00 e. The van der Waals surface area contributed by atoms with Crippen molar-refractivity contribution in [2.24, 2.45) is 0 Å². The molecule has 0 bridgehead atoms. The molecule has 0 saturated heterocycles. The van der Waals surface area contributed by atoms with Gasteiger partial charge in [-0.1, -0.05) is 0 Å². The van der Waals surface area contributed by atoms with Crippen LogP contribution in [0.5, 0.6) is 0 Å². The molecule has 0 aliphatic carbocycles. The summed E-state index contributed by atoms with van der Waals surface area (Å²) in [6.45, 7) is 0. The number of hydrogen-bond acceptors (Lipinski definition) is 2. The topological polar surface area (TPSA) is 86.2 Å². The smallest absolute Gasteiger partial charge is 1.00 e. The minimum atomic E-state index is -1.83. The van der Waals surface area contributed by atoms with Gasteiger partial charge in [0.1, 0.15) is 0 Å². The van der Waals surface area contributed by atoms with E-state index in [-0.39, 0.29) is 70.3 Å². The Hall–Kier alpha value is 0.532. The Kier molecular flexibility index (Phi) is 12.5. The van der Waals surface area contributed by atoms with Crippen molar-refractivity contribution in [3.8, 4) is 0 Å². The van der Waals surface area contributed by atoms with Crippen LogP contribution in [0.15, 0.2) is 18.7 Å². The van der Waals surface area contributed by atoms with Crippen molar-refractivity contribution >= 4 is 6.16 Å². The number of H-pyrrole nitrogens is 1. The van der Waals surface area contributed by atoms with E-state index in [1.165, 1.54) is 0 Å². The molecule has 0 spiro atoms. The van der Waals surface area contributed by atoms with Gasteiger partial charge in [-0.15, -0.1) is 0 Å². The number of imidazole rings is 1. The molecule has 6 heteroatoms. The van der Waals surface area contributed by atoms with Crippen molar-refractivity contribution in [3.05, 3.63) is 18.7 Å². The third-order valence-corrected chi connectivity index (χ3v) is 0.406. The van der Waals surface area contributed by atoms with Gasteiger partial charge in [-0.3, -0.25) is 0 Å². The maximum atomic E-state index is 8.56. The monoisotopic (exact) mass is 264 g/mol. The van der Waals surface area contributed by atoms with Crippen LogP contribution in [0.25, 0.3) is 0 Å². The molecule has 3 N–H and O–H groups in total. The zero-order valence-corrected chi connectivity index (χ0v) is 11.8. The predicted octanol–water partition coefficient (Wildman–Crippen LogP) is -2.25. The molecule has 0 unspecified atom stereocenters. The number of nitrogens with zero attached hydrogens (tertiary/aromatic N) is 1. The predicted molar refractivity (Wildman–Crippen MR) is 30.4 cm³/mol. The summed E-state index contributed by atoms with van der Waals surface area (Å²) >= 11 is 0. The first-order chi connectivity index (χ1) is 4.23. The molecule has 0 aromatic carbocycles. The van der Waals surface area contributed by atoms with E-state index in [0.717, 1.165) is 0 Å². The second kappa shape index (κ2) is 9.53. The van der Waals surface area contributed by atoms with Gasteiger partial charge in [0.05, 0.1) is 6.33 Å². The maximum absolute atomic E-state index is 8.56. The molecule has 0 atom stereocenters. The van der Waals surface area contributed by atoms with Gasteiger partial charge >= 0.3 is 75.0 Å². The quantitative estimate of drug-likeness (QED) is 0.494. The number of aromatic amines is 1. The van der Waals surface area contributed by atoms with Crippen molar-refractivity contribution < 1.29 is 85.3 Å². The molecule has 0 radical (unpaired) electrons. The first-order valence-corrected chi connectivity index (χ1v) is 2.08. The van der Waals surface area contributed by atoms with Crippen LogP contribution >= 0.6 is 0 Å². The zero-order chi connectivity index (χ0) is 7.11. The first-order valence-electron chi connectivity index (χ1n) is 2.08. The minimum Gasteiger partial charge on any atom is -1.00 e. The van der Waals surface area contributed by atoms with Gasteiger partial charge in [0.25, 0.3) is 0 Å². The van der Waals surface area contributed by atoms with Gasteiger partial charge in [-0.25, -0.2) is 9.78 Å². The molecule has 0 saturated carbocycles. The van der Waals surface area contributed by atoms with E-state index in [9.17, 15) is 0 Å². The normalized spacial score (nSPS) is 6.40. The van der Waals surface area contributed by atoms with Gasteiger partial charge in [0, 0.05) is 12.4 Å². The van der Waals surface area contributed by atoms with Crippen LogP contribution < -0.4 is 68.9 Å². The zero-order valence-electron chi connectivity index (χ0n) is 6.48. The number of aromatic nitrogens is 2. The third kappa shape index (κ3) is 15.8. The van der Waals surface area contributed by atoms with E-state index in [2.05, 4.69) is 9.97 Å². The van der Waals surface area contributed by atoms with Crippen molar-refractivity contribution in [2.45, 2.75) is 0 Å². The van der Waals surface area contributed by atoms with Crippen molar-refractivity contribution in [1.82, 2.24) is 9.97 Å². The maximum Gasteiger partial charge on any atom is 1.00 e. The Morgan fingerprint density at radius 2 is 2.10 bits per heavy atom. The molecule has 1 aromatic heterocycles. The molecule has 10 heavy (non-hydrogen) atoms. The van der Waals surface area contributed by atoms with E-state index >= 15 is 0 Å². The Balaban J connectivity index is -0.000000101. The number of rotatable bonds is 0. The van der Waals surface area contributed by atoms with Gasteiger partial charge in [0.2, 0.25) is 0 Å². The van der Waals surface area contributed by atoms with E-state index in [1.54, 1.807) is 18.7 Å². The number of carbonyl (C=O) groups is 1. The summed E-state index contributed by atoms with van der Waals surface area (Å²) in [6, 6.07) is 0. The van der Waals surface area contributed by atoms with Crippen molar-refractivity contribution in [1.29, 1.82) is 0 Å². The number of nitrogens with one attached hydrogen (secondary N) is 1. The average molecular weight is 264 g/mol. The third-order valence-electron chi connectivity index (χ3n) is 0.406. The summed E-state index contributed by atoms with van der Waals surface area (Å²) in [5, 5.41) is 13.9. The Morgan fingerprint density at radius 3 is 2.20 bits per heavy atom. The molecule has 1 heterocycles. The summed E-state index contributed by atoms with van der Waals surface area (Å²) < 4.78 is 0. The molecule has 1 aromatic rings. The van der Waals surface area contributed by atoms with Crippen LogP contribution in [0.3, 0.4) is 0 Å². The van der Waals surface area contributed by atoms with E-state index in [4.69, 9.17) is 15.0 Å². The van der Waals surface area contributed by atoms with Crippen LogP contribution in [0.1, 0.15) is 1.43 Å². The van der Waals surface area contributed by atoms with Crippen molar-refractivity contribution in [2.75, 3.05) is 0 Å². The minimum absolute atomic E-state index is 0. The van der Waals surface area contributed by atoms with Gasteiger partial charge < -0.3 is 16.6 Å². The van der Waals surface area contributed by atoms with Gasteiger partial charge in [0.15, 0.2) is 0 Å². The summed E-state index contributed by atoms with van der Waals surface area (Å²) in [5.41, 5.74) is 0. The summed E-state index contributed by atoms with van der Waals surface area (Å²) in [5.74, 6) is 0. The average Bonchev–Trinajstić information content (AvgIpc) is 2.11. The second-order valence-electron chi connectivity index (χ2n) is 1.04. The molecule has 0 amide bonds. The molecule has 0 aliphatic rings. The van der Waals surface area contributed by atoms with Crippen LogP contribution in [0.2, 0.25) is 0 Å². The molecular formula is C4H7CsN2O3. The fraction of sp³-hybridized carbons (Fsp3) is 0. The Bertz CT molecular complexity index is 137. The number of hydrogen-bond donors (Lipinski definition) is 3. The summed E-state index contributed by atoms with van der Waals surface area (Å²) in [7, 11) is 0. The fourth-order valence-corrected chi connectivity index (χ4v) is 0.215. The molecule has 5 nitrogen and oxygen atoms in total. The van der Waals surface area contributed by atoms with Crippen LogP contribution in [0, 0.1) is 0 Å². The second-order valence-corrected chi connectivity index (χ2v) is 1.04. The molecule has 0 fully saturated rings. The van der Waals surface area contributed by atoms with E-state index in [1.807, 2.05) is 0 Å². The Morgan fingerprint density at radius 1 is 1.60 bits per heavy atom. The van der Waals surface area contributed by atoms with Crippen LogP contribution in [-0.4, -0.2) is 26.3 Å². The van der Waals surface area contributed by atoms with Crippen molar-refractivity contribution in [3.63, 3.8) is 0 Å².